The third-order valence-electron chi connectivity index (χ3n) is 6.39. The number of carbonyl (C=O) groups is 1. The zero-order valence-electron chi connectivity index (χ0n) is 19.3. The molecule has 0 fully saturated rings. The number of rotatable bonds is 4. The normalized spacial score (nSPS) is 14.8. The number of hydrogen-bond donors (Lipinski definition) is 1. The van der Waals surface area contributed by atoms with Gasteiger partial charge in [-0.3, -0.25) is 4.79 Å². The summed E-state index contributed by atoms with van der Waals surface area (Å²) in [5.41, 5.74) is 5.55. The van der Waals surface area contributed by atoms with E-state index >= 15 is 0 Å². The van der Waals surface area contributed by atoms with Crippen LogP contribution in [-0.4, -0.2) is 27.3 Å². The van der Waals surface area contributed by atoms with Crippen LogP contribution in [0.25, 0.3) is 28.0 Å². The van der Waals surface area contributed by atoms with Crippen LogP contribution in [0.3, 0.4) is 0 Å². The largest absolute Gasteiger partial charge is 0.493 e. The number of nitrogens with one attached hydrogen (secondary N) is 1. The number of nitrogens with zero attached hydrogens (tertiary/aromatic N) is 3. The van der Waals surface area contributed by atoms with Crippen LogP contribution < -0.4 is 10.1 Å². The van der Waals surface area contributed by atoms with Crippen LogP contribution in [0.5, 0.6) is 5.75 Å². The molecular formula is C29H24N4O2. The number of amides is 1. The fourth-order valence-corrected chi connectivity index (χ4v) is 4.70. The van der Waals surface area contributed by atoms with Gasteiger partial charge in [0.15, 0.2) is 5.65 Å². The average Bonchev–Trinajstić information content (AvgIpc) is 3.25. The molecule has 3 heterocycles. The lowest BCUT2D eigenvalue weighted by Crippen LogP contribution is -2.32. The van der Waals surface area contributed by atoms with Crippen molar-refractivity contribution in [3.63, 3.8) is 0 Å². The van der Waals surface area contributed by atoms with Crippen molar-refractivity contribution in [1.29, 1.82) is 0 Å². The molecule has 6 nitrogen and oxygen atoms in total. The van der Waals surface area contributed by atoms with Gasteiger partial charge in [0.25, 0.3) is 5.91 Å². The number of carbonyl (C=O) groups excluding carboxylic acids is 1. The van der Waals surface area contributed by atoms with E-state index in [-0.39, 0.29) is 11.9 Å². The second-order valence-corrected chi connectivity index (χ2v) is 8.65. The Morgan fingerprint density at radius 3 is 2.49 bits per heavy atom. The van der Waals surface area contributed by atoms with Crippen LogP contribution in [0, 0.1) is 6.92 Å². The molecule has 5 aromatic rings. The fourth-order valence-electron chi connectivity index (χ4n) is 4.70. The lowest BCUT2D eigenvalue weighted by atomic mass is 9.99. The second kappa shape index (κ2) is 8.72. The van der Waals surface area contributed by atoms with Gasteiger partial charge in [-0.2, -0.15) is 5.10 Å². The molecule has 1 aliphatic heterocycles. The number of ether oxygens (including phenoxy) is 1. The Morgan fingerprint density at radius 2 is 1.69 bits per heavy atom. The summed E-state index contributed by atoms with van der Waals surface area (Å²) < 4.78 is 7.60. The maximum absolute atomic E-state index is 13.8. The van der Waals surface area contributed by atoms with Crippen molar-refractivity contribution in [2.75, 3.05) is 6.61 Å². The van der Waals surface area contributed by atoms with Gasteiger partial charge in [-0.15, -0.1) is 0 Å². The number of aromatic nitrogens is 3. The van der Waals surface area contributed by atoms with Gasteiger partial charge in [0.1, 0.15) is 5.75 Å². The van der Waals surface area contributed by atoms with Crippen LogP contribution in [0.1, 0.15) is 34.1 Å². The van der Waals surface area contributed by atoms with Gasteiger partial charge in [0.05, 0.1) is 40.7 Å². The first-order valence-corrected chi connectivity index (χ1v) is 11.7. The minimum atomic E-state index is -0.146. The zero-order valence-corrected chi connectivity index (χ0v) is 19.3. The highest BCUT2D eigenvalue weighted by Crippen LogP contribution is 2.33. The number of para-hydroxylation sites is 2. The predicted molar refractivity (Wildman–Crippen MR) is 136 cm³/mol. The first-order chi connectivity index (χ1) is 17.2. The molecule has 0 spiro atoms. The average molecular weight is 461 g/mol. The highest BCUT2D eigenvalue weighted by molar-refractivity contribution is 6.08. The number of fused-ring (bicyclic) bond motifs is 2. The predicted octanol–water partition coefficient (Wildman–Crippen LogP) is 5.65. The Kier molecular flexibility index (Phi) is 5.26. The summed E-state index contributed by atoms with van der Waals surface area (Å²) in [7, 11) is 0. The van der Waals surface area contributed by atoms with Crippen LogP contribution in [0.15, 0.2) is 91.0 Å². The quantitative estimate of drug-likeness (QED) is 0.376. The lowest BCUT2D eigenvalue weighted by molar-refractivity contribution is 0.0926. The molecule has 1 aliphatic rings. The number of hydrogen-bond acceptors (Lipinski definition) is 4. The van der Waals surface area contributed by atoms with Crippen molar-refractivity contribution in [2.45, 2.75) is 19.4 Å². The minimum Gasteiger partial charge on any atom is -0.493 e. The van der Waals surface area contributed by atoms with Gasteiger partial charge in [0.2, 0.25) is 0 Å². The maximum atomic E-state index is 13.8. The molecule has 1 N–H and O–H groups in total. The van der Waals surface area contributed by atoms with Gasteiger partial charge >= 0.3 is 0 Å². The summed E-state index contributed by atoms with van der Waals surface area (Å²) in [4.78, 5) is 18.8. The van der Waals surface area contributed by atoms with Gasteiger partial charge in [-0.1, -0.05) is 66.7 Å². The summed E-state index contributed by atoms with van der Waals surface area (Å²) in [6, 6.07) is 29.4. The third kappa shape index (κ3) is 3.83. The Morgan fingerprint density at radius 1 is 0.971 bits per heavy atom. The van der Waals surface area contributed by atoms with Crippen molar-refractivity contribution in [3.05, 3.63) is 108 Å². The van der Waals surface area contributed by atoms with Crippen molar-refractivity contribution >= 4 is 16.9 Å². The van der Waals surface area contributed by atoms with Crippen molar-refractivity contribution in [2.24, 2.45) is 0 Å². The van der Waals surface area contributed by atoms with Gasteiger partial charge in [0, 0.05) is 17.5 Å². The molecule has 0 aliphatic carbocycles. The molecule has 1 amide bonds. The number of pyridine rings is 1. The molecule has 0 unspecified atom stereocenters. The van der Waals surface area contributed by atoms with E-state index in [0.29, 0.717) is 24.2 Å². The number of aryl methyl sites for hydroxylation is 1. The van der Waals surface area contributed by atoms with Crippen molar-refractivity contribution in [3.8, 4) is 22.7 Å². The Balaban J connectivity index is 1.50. The van der Waals surface area contributed by atoms with E-state index in [2.05, 4.69) is 5.32 Å². The highest BCUT2D eigenvalue weighted by atomic mass is 16.5. The van der Waals surface area contributed by atoms with Crippen LogP contribution in [-0.2, 0) is 0 Å². The van der Waals surface area contributed by atoms with Crippen molar-refractivity contribution < 1.29 is 9.53 Å². The van der Waals surface area contributed by atoms with Crippen LogP contribution in [0.4, 0.5) is 0 Å². The molecule has 6 heteroatoms. The standard InChI is InChI=1S/C29H24N4O2/c1-19-27-23(29(34)31-24-16-17-35-26-15-9-8-14-22(24)26)18-25(20-10-4-2-5-11-20)30-28(27)33(32-19)21-12-6-3-7-13-21/h2-15,18,24H,16-17H2,1H3,(H,31,34)/t24-/m0/s1. The lowest BCUT2D eigenvalue weighted by Gasteiger charge is -2.26. The third-order valence-corrected chi connectivity index (χ3v) is 6.39. The van der Waals surface area contributed by atoms with Crippen molar-refractivity contribution in [1.82, 2.24) is 20.1 Å². The second-order valence-electron chi connectivity index (χ2n) is 8.65. The van der Waals surface area contributed by atoms with Gasteiger partial charge in [-0.25, -0.2) is 9.67 Å². The maximum Gasteiger partial charge on any atom is 0.252 e. The Bertz CT molecular complexity index is 1530. The van der Waals surface area contributed by atoms with E-state index in [0.717, 1.165) is 39.3 Å². The summed E-state index contributed by atoms with van der Waals surface area (Å²) in [6.07, 6.45) is 0.713. The molecule has 0 saturated carbocycles. The first kappa shape index (κ1) is 21.1. The van der Waals surface area contributed by atoms with Gasteiger partial charge < -0.3 is 10.1 Å². The minimum absolute atomic E-state index is 0.125. The molecule has 0 radical (unpaired) electrons. The summed E-state index contributed by atoms with van der Waals surface area (Å²) in [6.45, 7) is 2.49. The summed E-state index contributed by atoms with van der Waals surface area (Å²) in [5.74, 6) is 0.675. The molecule has 3 aromatic carbocycles. The molecule has 172 valence electrons. The van der Waals surface area contributed by atoms with Gasteiger partial charge in [-0.05, 0) is 31.2 Å². The molecule has 6 rings (SSSR count). The topological polar surface area (TPSA) is 69.0 Å². The Labute approximate surface area is 203 Å². The summed E-state index contributed by atoms with van der Waals surface area (Å²) in [5, 5.41) is 8.79. The molecule has 2 aromatic heterocycles. The van der Waals surface area contributed by atoms with E-state index in [1.165, 1.54) is 0 Å². The van der Waals surface area contributed by atoms with E-state index in [1.54, 1.807) is 0 Å². The van der Waals surface area contributed by atoms with E-state index in [9.17, 15) is 4.79 Å². The molecular weight excluding hydrogens is 436 g/mol. The number of benzene rings is 3. The first-order valence-electron chi connectivity index (χ1n) is 11.7. The molecule has 35 heavy (non-hydrogen) atoms. The van der Waals surface area contributed by atoms with E-state index < -0.39 is 0 Å². The van der Waals surface area contributed by atoms with Crippen LogP contribution >= 0.6 is 0 Å². The van der Waals surface area contributed by atoms with E-state index in [4.69, 9.17) is 14.8 Å². The molecule has 0 bridgehead atoms. The van der Waals surface area contributed by atoms with E-state index in [1.807, 2.05) is 103 Å². The SMILES string of the molecule is Cc1nn(-c2ccccc2)c2nc(-c3ccccc3)cc(C(=O)N[C@H]3CCOc4ccccc43)c12. The smallest absolute Gasteiger partial charge is 0.252 e. The fraction of sp³-hybridized carbons (Fsp3) is 0.138. The molecule has 0 saturated heterocycles. The van der Waals surface area contributed by atoms with Crippen LogP contribution in [0.2, 0.25) is 0 Å². The highest BCUT2D eigenvalue weighted by Gasteiger charge is 2.26. The summed E-state index contributed by atoms with van der Waals surface area (Å²) >= 11 is 0. The Hall–Kier alpha value is -4.45. The molecule has 1 atom stereocenters. The zero-order chi connectivity index (χ0) is 23.8. The monoisotopic (exact) mass is 460 g/mol.